The van der Waals surface area contributed by atoms with Crippen LogP contribution in [0.3, 0.4) is 0 Å². The second-order valence-corrected chi connectivity index (χ2v) is 9.03. The van der Waals surface area contributed by atoms with Crippen molar-refractivity contribution in [3.05, 3.63) is 54.2 Å². The van der Waals surface area contributed by atoms with Gasteiger partial charge in [0.2, 0.25) is 11.7 Å². The highest BCUT2D eigenvalue weighted by molar-refractivity contribution is 6.03. The maximum absolute atomic E-state index is 13.1. The van der Waals surface area contributed by atoms with Gasteiger partial charge in [-0.15, -0.1) is 5.10 Å². The minimum atomic E-state index is -0.311. The largest absolute Gasteiger partial charge is 0.366 e. The summed E-state index contributed by atoms with van der Waals surface area (Å²) in [6.45, 7) is 3.98. The molecule has 3 heterocycles. The number of rotatable bonds is 6. The molecule has 4 N–H and O–H groups in total. The normalized spacial score (nSPS) is 18.4. The van der Waals surface area contributed by atoms with Crippen molar-refractivity contribution in [1.29, 1.82) is 0 Å². The Bertz CT molecular complexity index is 1300. The van der Waals surface area contributed by atoms with E-state index < -0.39 is 0 Å². The van der Waals surface area contributed by atoms with E-state index in [0.29, 0.717) is 40.6 Å². The van der Waals surface area contributed by atoms with Crippen molar-refractivity contribution >= 4 is 23.1 Å². The van der Waals surface area contributed by atoms with Crippen LogP contribution in [-0.2, 0) is 0 Å². The zero-order valence-electron chi connectivity index (χ0n) is 19.2. The predicted molar refractivity (Wildman–Crippen MR) is 129 cm³/mol. The van der Waals surface area contributed by atoms with Gasteiger partial charge in [0.1, 0.15) is 5.82 Å². The number of carbonyl (C=O) groups is 1. The molecule has 0 unspecified atom stereocenters. The molecule has 1 aliphatic carbocycles. The smallest absolute Gasteiger partial charge is 0.276 e. The van der Waals surface area contributed by atoms with E-state index >= 15 is 0 Å². The van der Waals surface area contributed by atoms with Crippen LogP contribution in [0.4, 0.5) is 11.5 Å². The average molecular weight is 461 g/mol. The van der Waals surface area contributed by atoms with Gasteiger partial charge in [0.05, 0.1) is 6.20 Å². The van der Waals surface area contributed by atoms with E-state index in [9.17, 15) is 4.79 Å². The number of hydrogen-bond donors (Lipinski definition) is 3. The fourth-order valence-corrected chi connectivity index (χ4v) is 4.10. The number of carbonyl (C=O) groups excluding carboxylic acids is 1. The van der Waals surface area contributed by atoms with Crippen molar-refractivity contribution in [2.24, 2.45) is 5.73 Å². The Balaban J connectivity index is 1.33. The van der Waals surface area contributed by atoms with Gasteiger partial charge in [0.15, 0.2) is 11.3 Å². The van der Waals surface area contributed by atoms with Gasteiger partial charge in [0.25, 0.3) is 5.91 Å². The highest BCUT2D eigenvalue weighted by atomic mass is 16.5. The summed E-state index contributed by atoms with van der Waals surface area (Å²) in [7, 11) is 0. The molecular formula is C24H28N8O2. The molecular weight excluding hydrogens is 432 g/mol. The fraction of sp³-hybridized carbons (Fsp3) is 0.375. The maximum atomic E-state index is 13.1. The van der Waals surface area contributed by atoms with Crippen LogP contribution in [0, 0.1) is 0 Å². The molecule has 5 rings (SSSR count). The predicted octanol–water partition coefficient (Wildman–Crippen LogP) is 3.84. The molecule has 34 heavy (non-hydrogen) atoms. The summed E-state index contributed by atoms with van der Waals surface area (Å²) in [6, 6.07) is 11.7. The minimum absolute atomic E-state index is 0.141. The van der Waals surface area contributed by atoms with Crippen molar-refractivity contribution in [1.82, 2.24) is 24.7 Å². The molecule has 0 bridgehead atoms. The second kappa shape index (κ2) is 9.22. The first kappa shape index (κ1) is 22.0. The molecule has 3 aromatic heterocycles. The Hall–Kier alpha value is -3.79. The Labute approximate surface area is 197 Å². The van der Waals surface area contributed by atoms with Crippen molar-refractivity contribution in [3.63, 3.8) is 0 Å². The molecule has 10 nitrogen and oxygen atoms in total. The number of amides is 1. The number of nitrogens with zero attached hydrogens (tertiary/aromatic N) is 5. The second-order valence-electron chi connectivity index (χ2n) is 9.03. The monoisotopic (exact) mass is 460 g/mol. The zero-order chi connectivity index (χ0) is 23.7. The number of fused-ring (bicyclic) bond motifs is 1. The lowest BCUT2D eigenvalue weighted by Gasteiger charge is -2.27. The third-order valence-electron chi connectivity index (χ3n) is 6.03. The summed E-state index contributed by atoms with van der Waals surface area (Å²) in [6.07, 6.45) is 5.54. The average Bonchev–Trinajstić information content (AvgIpc) is 3.48. The summed E-state index contributed by atoms with van der Waals surface area (Å²) in [5.74, 6) is 1.59. The van der Waals surface area contributed by atoms with Crippen molar-refractivity contribution in [2.75, 3.05) is 10.6 Å². The van der Waals surface area contributed by atoms with Crippen LogP contribution in [0.25, 0.3) is 17.0 Å². The SMILES string of the molecule is CC(C)c1nc(-c2cccc(NC(=O)c3cnc4ccc(N[C@H]5CC[C@H](N)CC5)nn34)c2)no1. The van der Waals surface area contributed by atoms with Crippen LogP contribution < -0.4 is 16.4 Å². The molecule has 0 spiro atoms. The van der Waals surface area contributed by atoms with E-state index in [1.54, 1.807) is 4.52 Å². The lowest BCUT2D eigenvalue weighted by molar-refractivity contribution is 0.102. The molecule has 1 fully saturated rings. The topological polar surface area (TPSA) is 136 Å². The maximum Gasteiger partial charge on any atom is 0.276 e. The minimum Gasteiger partial charge on any atom is -0.366 e. The third kappa shape index (κ3) is 4.62. The van der Waals surface area contributed by atoms with E-state index in [2.05, 4.69) is 30.9 Å². The van der Waals surface area contributed by atoms with Gasteiger partial charge in [-0.2, -0.15) is 4.98 Å². The molecule has 176 valence electrons. The highest BCUT2D eigenvalue weighted by Gasteiger charge is 2.20. The molecule has 0 radical (unpaired) electrons. The molecule has 10 heteroatoms. The van der Waals surface area contributed by atoms with Gasteiger partial charge in [-0.25, -0.2) is 9.50 Å². The Kier molecular flexibility index (Phi) is 5.97. The molecule has 0 atom stereocenters. The van der Waals surface area contributed by atoms with Gasteiger partial charge in [0, 0.05) is 29.3 Å². The van der Waals surface area contributed by atoms with Crippen molar-refractivity contribution in [3.8, 4) is 11.4 Å². The number of benzene rings is 1. The highest BCUT2D eigenvalue weighted by Crippen LogP contribution is 2.23. The third-order valence-corrected chi connectivity index (χ3v) is 6.03. The van der Waals surface area contributed by atoms with Gasteiger partial charge in [-0.05, 0) is 49.9 Å². The van der Waals surface area contributed by atoms with Crippen LogP contribution in [-0.4, -0.2) is 42.7 Å². The van der Waals surface area contributed by atoms with E-state index in [1.165, 1.54) is 6.20 Å². The van der Waals surface area contributed by atoms with Gasteiger partial charge >= 0.3 is 0 Å². The lowest BCUT2D eigenvalue weighted by Crippen LogP contribution is -2.33. The van der Waals surface area contributed by atoms with Crippen LogP contribution in [0.1, 0.15) is 61.8 Å². The molecule has 1 saturated carbocycles. The summed E-state index contributed by atoms with van der Waals surface area (Å²) < 4.78 is 6.86. The van der Waals surface area contributed by atoms with E-state index in [-0.39, 0.29) is 17.9 Å². The van der Waals surface area contributed by atoms with Crippen LogP contribution in [0.15, 0.2) is 47.1 Å². The number of nitrogens with one attached hydrogen (secondary N) is 2. The summed E-state index contributed by atoms with van der Waals surface area (Å²) in [4.78, 5) is 21.8. The van der Waals surface area contributed by atoms with Crippen molar-refractivity contribution in [2.45, 2.75) is 57.5 Å². The molecule has 1 amide bonds. The Morgan fingerprint density at radius 1 is 1.18 bits per heavy atom. The number of hydrogen-bond acceptors (Lipinski definition) is 8. The summed E-state index contributed by atoms with van der Waals surface area (Å²) in [5, 5.41) is 15.0. The van der Waals surface area contributed by atoms with Crippen molar-refractivity contribution < 1.29 is 9.32 Å². The Morgan fingerprint density at radius 3 is 2.76 bits per heavy atom. The van der Waals surface area contributed by atoms with Gasteiger partial charge in [-0.1, -0.05) is 31.1 Å². The standard InChI is InChI=1S/C24H28N8O2/c1-14(2)24-29-22(31-34-24)15-4-3-5-18(12-15)28-23(33)19-13-26-21-11-10-20(30-32(19)21)27-17-8-6-16(25)7-9-17/h3-5,10-14,16-17H,6-9,25H2,1-2H3,(H,27,30)(H,28,33)/t16-,17-. The Morgan fingerprint density at radius 2 is 2.00 bits per heavy atom. The summed E-state index contributed by atoms with van der Waals surface area (Å²) in [5.41, 5.74) is 8.32. The first-order chi connectivity index (χ1) is 16.5. The van der Waals surface area contributed by atoms with Gasteiger partial charge < -0.3 is 20.9 Å². The quantitative estimate of drug-likeness (QED) is 0.395. The number of imidazole rings is 1. The molecule has 0 saturated heterocycles. The number of anilines is 2. The zero-order valence-corrected chi connectivity index (χ0v) is 19.2. The summed E-state index contributed by atoms with van der Waals surface area (Å²) >= 11 is 0. The molecule has 1 aliphatic rings. The van der Waals surface area contributed by atoms with Crippen LogP contribution >= 0.6 is 0 Å². The lowest BCUT2D eigenvalue weighted by atomic mass is 9.92. The number of nitrogens with two attached hydrogens (primary N) is 1. The first-order valence-electron chi connectivity index (χ1n) is 11.6. The fourth-order valence-electron chi connectivity index (χ4n) is 4.10. The van der Waals surface area contributed by atoms with E-state index in [0.717, 1.165) is 31.2 Å². The first-order valence-corrected chi connectivity index (χ1v) is 11.6. The van der Waals surface area contributed by atoms with Crippen LogP contribution in [0.5, 0.6) is 0 Å². The number of aromatic nitrogens is 5. The van der Waals surface area contributed by atoms with E-state index in [1.807, 2.05) is 50.2 Å². The molecule has 0 aliphatic heterocycles. The molecule has 4 aromatic rings. The van der Waals surface area contributed by atoms with E-state index in [4.69, 9.17) is 10.3 Å². The van der Waals surface area contributed by atoms with Gasteiger partial charge in [-0.3, -0.25) is 4.79 Å². The van der Waals surface area contributed by atoms with Crippen LogP contribution in [0.2, 0.25) is 0 Å². The molecule has 1 aromatic carbocycles.